The standard InChI is InChI=1S/2C14H13N3O5/c1-22-12-8-3-2-5-9(12)15-14(19)16-10-6-4-7-11(13(10)18)17(20)21;1-22-10-7-5-9(6-8-10)15-14(19)16-11-3-2-4-12(13(11)18)17(20)21/h2*2-8,18H,1H3,(H2,15,16,19). The van der Waals surface area contributed by atoms with E-state index in [0.717, 1.165) is 12.1 Å². The molecule has 0 aromatic heterocycles. The molecule has 4 rings (SSSR count). The number of amides is 4. The number of ether oxygens (including phenoxy) is 2. The molecule has 228 valence electrons. The van der Waals surface area contributed by atoms with Crippen molar-refractivity contribution >= 4 is 46.2 Å². The predicted molar refractivity (Wildman–Crippen MR) is 161 cm³/mol. The van der Waals surface area contributed by atoms with Gasteiger partial charge >= 0.3 is 23.4 Å². The zero-order chi connectivity index (χ0) is 32.2. The Labute approximate surface area is 249 Å². The molecule has 0 heterocycles. The van der Waals surface area contributed by atoms with Gasteiger partial charge in [0.1, 0.15) is 11.5 Å². The highest BCUT2D eigenvalue weighted by Crippen LogP contribution is 2.34. The lowest BCUT2D eigenvalue weighted by atomic mass is 10.2. The fourth-order valence-electron chi connectivity index (χ4n) is 3.54. The van der Waals surface area contributed by atoms with Crippen LogP contribution in [0.3, 0.4) is 0 Å². The Bertz CT molecular complexity index is 1660. The van der Waals surface area contributed by atoms with Crippen LogP contribution in [0.4, 0.5) is 43.7 Å². The first-order valence-electron chi connectivity index (χ1n) is 12.4. The van der Waals surface area contributed by atoms with E-state index >= 15 is 0 Å². The monoisotopic (exact) mass is 606 g/mol. The Hall–Kier alpha value is -6.58. The van der Waals surface area contributed by atoms with Gasteiger partial charge in [0.05, 0.1) is 41.1 Å². The average molecular weight is 607 g/mol. The molecule has 0 bridgehead atoms. The maximum Gasteiger partial charge on any atom is 0.323 e. The highest BCUT2D eigenvalue weighted by molar-refractivity contribution is 6.02. The molecule has 0 aliphatic carbocycles. The number of nitrogens with one attached hydrogen (secondary N) is 4. The van der Waals surface area contributed by atoms with Gasteiger partial charge < -0.3 is 41.0 Å². The van der Waals surface area contributed by atoms with E-state index in [4.69, 9.17) is 9.47 Å². The van der Waals surface area contributed by atoms with Crippen LogP contribution < -0.4 is 30.7 Å². The van der Waals surface area contributed by atoms with Crippen molar-refractivity contribution in [3.05, 3.63) is 105 Å². The molecular weight excluding hydrogens is 580 g/mol. The zero-order valence-electron chi connectivity index (χ0n) is 23.1. The number of hydrogen-bond acceptors (Lipinski definition) is 10. The lowest BCUT2D eigenvalue weighted by Gasteiger charge is -2.11. The molecule has 0 aliphatic rings. The van der Waals surface area contributed by atoms with Gasteiger partial charge in [0.25, 0.3) is 0 Å². The topological polar surface area (TPSA) is 227 Å². The van der Waals surface area contributed by atoms with Crippen molar-refractivity contribution in [1.29, 1.82) is 0 Å². The lowest BCUT2D eigenvalue weighted by Crippen LogP contribution is -2.20. The van der Waals surface area contributed by atoms with Crippen LogP contribution in [-0.2, 0) is 0 Å². The number of aromatic hydroxyl groups is 2. The number of rotatable bonds is 8. The number of para-hydroxylation sites is 4. The fourth-order valence-corrected chi connectivity index (χ4v) is 3.54. The number of nitro groups is 2. The molecule has 0 fully saturated rings. The van der Waals surface area contributed by atoms with Crippen molar-refractivity contribution in [2.75, 3.05) is 35.5 Å². The molecule has 0 saturated carbocycles. The van der Waals surface area contributed by atoms with Gasteiger partial charge in [-0.2, -0.15) is 0 Å². The number of carbonyl (C=O) groups is 2. The Kier molecular flexibility index (Phi) is 10.8. The van der Waals surface area contributed by atoms with E-state index < -0.39 is 44.8 Å². The highest BCUT2D eigenvalue weighted by atomic mass is 16.6. The summed E-state index contributed by atoms with van der Waals surface area (Å²) in [4.78, 5) is 43.7. The summed E-state index contributed by atoms with van der Waals surface area (Å²) in [7, 11) is 2.99. The van der Waals surface area contributed by atoms with E-state index in [0.29, 0.717) is 22.9 Å². The van der Waals surface area contributed by atoms with Crippen LogP contribution in [0.2, 0.25) is 0 Å². The van der Waals surface area contributed by atoms with E-state index in [1.807, 2.05) is 0 Å². The van der Waals surface area contributed by atoms with Gasteiger partial charge in [-0.3, -0.25) is 20.2 Å². The number of urea groups is 2. The Morgan fingerprint density at radius 2 is 1.07 bits per heavy atom. The van der Waals surface area contributed by atoms with Crippen LogP contribution in [0.1, 0.15) is 0 Å². The third-order valence-electron chi connectivity index (χ3n) is 5.62. The highest BCUT2D eigenvalue weighted by Gasteiger charge is 2.19. The molecule has 0 atom stereocenters. The molecule has 44 heavy (non-hydrogen) atoms. The number of benzene rings is 4. The number of nitrogens with zero attached hydrogens (tertiary/aromatic N) is 2. The smallest absolute Gasteiger partial charge is 0.323 e. The van der Waals surface area contributed by atoms with E-state index in [1.165, 1.54) is 38.5 Å². The SMILES string of the molecule is COc1ccc(NC(=O)Nc2cccc([N+](=O)[O-])c2O)cc1.COc1ccccc1NC(=O)Nc1cccc([N+](=O)[O-])c1O. The first-order chi connectivity index (χ1) is 21.0. The van der Waals surface area contributed by atoms with Crippen LogP contribution in [0.25, 0.3) is 0 Å². The maximum atomic E-state index is 11.9. The van der Waals surface area contributed by atoms with Gasteiger partial charge in [0.15, 0.2) is 0 Å². The molecule has 16 heteroatoms. The molecule has 16 nitrogen and oxygen atoms in total. The summed E-state index contributed by atoms with van der Waals surface area (Å²) < 4.78 is 10.1. The normalized spacial score (nSPS) is 9.86. The average Bonchev–Trinajstić information content (AvgIpc) is 3.00. The second-order valence-electron chi connectivity index (χ2n) is 8.45. The maximum absolute atomic E-state index is 11.9. The van der Waals surface area contributed by atoms with Gasteiger partial charge in [-0.25, -0.2) is 9.59 Å². The second kappa shape index (κ2) is 14.9. The molecule has 0 unspecified atom stereocenters. The van der Waals surface area contributed by atoms with Gasteiger partial charge in [0.2, 0.25) is 11.5 Å². The number of phenolic OH excluding ortho intramolecular Hbond substituents is 2. The summed E-state index contributed by atoms with van der Waals surface area (Å²) in [5, 5.41) is 50.7. The van der Waals surface area contributed by atoms with E-state index in [-0.39, 0.29) is 11.4 Å². The summed E-state index contributed by atoms with van der Waals surface area (Å²) in [5.74, 6) is -0.108. The van der Waals surface area contributed by atoms with Gasteiger partial charge in [-0.15, -0.1) is 0 Å². The minimum Gasteiger partial charge on any atom is -0.501 e. The van der Waals surface area contributed by atoms with Crippen molar-refractivity contribution in [2.45, 2.75) is 0 Å². The van der Waals surface area contributed by atoms with Crippen LogP contribution in [0.5, 0.6) is 23.0 Å². The van der Waals surface area contributed by atoms with E-state index in [1.54, 1.807) is 48.5 Å². The quantitative estimate of drug-likeness (QED) is 0.0789. The van der Waals surface area contributed by atoms with Gasteiger partial charge in [-0.05, 0) is 48.5 Å². The molecule has 6 N–H and O–H groups in total. The van der Waals surface area contributed by atoms with E-state index in [2.05, 4.69) is 21.3 Å². The fraction of sp³-hybridized carbons (Fsp3) is 0.0714. The first kappa shape index (κ1) is 31.9. The summed E-state index contributed by atoms with van der Waals surface area (Å²) in [5.41, 5.74) is -0.171. The Morgan fingerprint density at radius 1 is 0.614 bits per heavy atom. The van der Waals surface area contributed by atoms with Crippen molar-refractivity contribution < 1.29 is 39.1 Å². The lowest BCUT2D eigenvalue weighted by molar-refractivity contribution is -0.385. The van der Waals surface area contributed by atoms with Crippen molar-refractivity contribution in [3.8, 4) is 23.0 Å². The molecule has 0 spiro atoms. The number of carbonyl (C=O) groups excluding carboxylic acids is 2. The first-order valence-corrected chi connectivity index (χ1v) is 12.4. The third kappa shape index (κ3) is 8.46. The van der Waals surface area contributed by atoms with Crippen molar-refractivity contribution in [3.63, 3.8) is 0 Å². The molecule has 0 saturated heterocycles. The molecule has 4 aromatic carbocycles. The van der Waals surface area contributed by atoms with Crippen LogP contribution in [-0.4, -0.2) is 46.3 Å². The second-order valence-corrected chi connectivity index (χ2v) is 8.45. The van der Waals surface area contributed by atoms with Crippen LogP contribution in [0, 0.1) is 20.2 Å². The van der Waals surface area contributed by atoms with E-state index in [9.17, 15) is 40.0 Å². The number of phenols is 2. The zero-order valence-corrected chi connectivity index (χ0v) is 23.1. The molecular formula is C28H26N6O10. The number of hydrogen-bond donors (Lipinski definition) is 6. The molecule has 0 aliphatic heterocycles. The molecule has 4 aromatic rings. The summed E-state index contributed by atoms with van der Waals surface area (Å²) in [6.07, 6.45) is 0. The Morgan fingerprint density at radius 3 is 1.55 bits per heavy atom. The summed E-state index contributed by atoms with van der Waals surface area (Å²) in [6, 6.07) is 19.8. The third-order valence-corrected chi connectivity index (χ3v) is 5.62. The summed E-state index contributed by atoms with van der Waals surface area (Å²) >= 11 is 0. The predicted octanol–water partition coefficient (Wildman–Crippen LogP) is 5.91. The minimum absolute atomic E-state index is 0.0554. The Balaban J connectivity index is 0.000000240. The van der Waals surface area contributed by atoms with Crippen LogP contribution >= 0.6 is 0 Å². The number of nitro benzene ring substituents is 2. The molecule has 4 amide bonds. The number of methoxy groups -OCH3 is 2. The summed E-state index contributed by atoms with van der Waals surface area (Å²) in [6.45, 7) is 0. The largest absolute Gasteiger partial charge is 0.501 e. The van der Waals surface area contributed by atoms with Gasteiger partial charge in [0, 0.05) is 17.8 Å². The van der Waals surface area contributed by atoms with Crippen molar-refractivity contribution in [2.24, 2.45) is 0 Å². The van der Waals surface area contributed by atoms with Crippen molar-refractivity contribution in [1.82, 2.24) is 0 Å². The van der Waals surface area contributed by atoms with Crippen LogP contribution in [0.15, 0.2) is 84.9 Å². The van der Waals surface area contributed by atoms with Gasteiger partial charge in [-0.1, -0.05) is 24.3 Å². The minimum atomic E-state index is -0.737. The number of anilines is 4. The molecule has 0 radical (unpaired) electrons.